The van der Waals surface area contributed by atoms with Crippen molar-refractivity contribution in [3.8, 4) is 5.75 Å². The van der Waals surface area contributed by atoms with E-state index in [2.05, 4.69) is 0 Å². The molecule has 1 aromatic carbocycles. The van der Waals surface area contributed by atoms with E-state index in [4.69, 9.17) is 9.47 Å². The van der Waals surface area contributed by atoms with Crippen molar-refractivity contribution in [1.82, 2.24) is 4.90 Å². The molecule has 116 valence electrons. The Bertz CT molecular complexity index is 617. The third-order valence-electron chi connectivity index (χ3n) is 3.94. The topological polar surface area (TPSA) is 55.8 Å². The number of hydrogen-bond acceptors (Lipinski definition) is 4. The number of hydrogen-bond donors (Lipinski definition) is 0. The number of benzene rings is 1. The van der Waals surface area contributed by atoms with Gasteiger partial charge in [0.25, 0.3) is 5.91 Å². The predicted molar refractivity (Wildman–Crippen MR) is 81.3 cm³/mol. The molecule has 2 aliphatic heterocycles. The summed E-state index contributed by atoms with van der Waals surface area (Å²) in [6.45, 7) is 3.29. The standard InChI is InChI=1S/C17H19NO4/c1-12(16(19)18-8-4-5-9-18)22-17(20)14-10-13-6-2-3-7-15(13)21-11-14/h2-3,6-7,10,12H,4-5,8-9,11H2,1H3/t12-/m1/s1. The second-order valence-corrected chi connectivity index (χ2v) is 5.58. The minimum atomic E-state index is -0.760. The number of carbonyl (C=O) groups is 2. The molecule has 1 amide bonds. The molecule has 2 heterocycles. The van der Waals surface area contributed by atoms with E-state index >= 15 is 0 Å². The van der Waals surface area contributed by atoms with Crippen molar-refractivity contribution in [2.24, 2.45) is 0 Å². The molecule has 5 heteroatoms. The van der Waals surface area contributed by atoms with E-state index in [0.29, 0.717) is 5.57 Å². The molecule has 0 bridgehead atoms. The second kappa shape index (κ2) is 6.22. The summed E-state index contributed by atoms with van der Waals surface area (Å²) in [4.78, 5) is 26.1. The first-order chi connectivity index (χ1) is 10.6. The lowest BCUT2D eigenvalue weighted by molar-refractivity contribution is -0.155. The van der Waals surface area contributed by atoms with E-state index in [9.17, 15) is 9.59 Å². The second-order valence-electron chi connectivity index (χ2n) is 5.58. The Morgan fingerprint density at radius 1 is 1.23 bits per heavy atom. The molecule has 0 spiro atoms. The largest absolute Gasteiger partial charge is 0.488 e. The molecule has 0 aliphatic carbocycles. The Balaban J connectivity index is 1.65. The summed E-state index contributed by atoms with van der Waals surface area (Å²) in [5.74, 6) is 0.137. The van der Waals surface area contributed by atoms with Crippen LogP contribution in [0, 0.1) is 0 Å². The lowest BCUT2D eigenvalue weighted by atomic mass is 10.1. The van der Waals surface area contributed by atoms with Crippen LogP contribution in [0.15, 0.2) is 29.8 Å². The molecule has 1 fully saturated rings. The number of nitrogens with zero attached hydrogens (tertiary/aromatic N) is 1. The molecule has 0 aromatic heterocycles. The van der Waals surface area contributed by atoms with Crippen LogP contribution in [-0.4, -0.2) is 42.6 Å². The average molecular weight is 301 g/mol. The zero-order valence-corrected chi connectivity index (χ0v) is 12.6. The smallest absolute Gasteiger partial charge is 0.338 e. The van der Waals surface area contributed by atoms with Crippen molar-refractivity contribution >= 4 is 18.0 Å². The van der Waals surface area contributed by atoms with Crippen LogP contribution in [0.2, 0.25) is 0 Å². The first-order valence-corrected chi connectivity index (χ1v) is 7.57. The quantitative estimate of drug-likeness (QED) is 0.802. The number of likely N-dealkylation sites (tertiary alicyclic amines) is 1. The maximum atomic E-state index is 12.2. The molecule has 0 saturated carbocycles. The van der Waals surface area contributed by atoms with E-state index in [1.807, 2.05) is 24.3 Å². The van der Waals surface area contributed by atoms with Gasteiger partial charge in [-0.1, -0.05) is 18.2 Å². The van der Waals surface area contributed by atoms with E-state index in [1.165, 1.54) is 0 Å². The van der Waals surface area contributed by atoms with Gasteiger partial charge in [-0.2, -0.15) is 0 Å². The van der Waals surface area contributed by atoms with Crippen LogP contribution in [-0.2, 0) is 14.3 Å². The van der Waals surface area contributed by atoms with Gasteiger partial charge in [-0.3, -0.25) is 4.79 Å². The third kappa shape index (κ3) is 2.98. The van der Waals surface area contributed by atoms with Gasteiger partial charge in [0.05, 0.1) is 5.57 Å². The Labute approximate surface area is 129 Å². The minimum Gasteiger partial charge on any atom is -0.488 e. The zero-order valence-electron chi connectivity index (χ0n) is 12.6. The predicted octanol–water partition coefficient (Wildman–Crippen LogP) is 2.02. The van der Waals surface area contributed by atoms with Gasteiger partial charge in [-0.25, -0.2) is 4.79 Å². The number of ether oxygens (including phenoxy) is 2. The van der Waals surface area contributed by atoms with Gasteiger partial charge < -0.3 is 14.4 Å². The maximum absolute atomic E-state index is 12.2. The highest BCUT2D eigenvalue weighted by atomic mass is 16.6. The van der Waals surface area contributed by atoms with Gasteiger partial charge in [0, 0.05) is 18.7 Å². The SMILES string of the molecule is C[C@@H](OC(=O)C1=Cc2ccccc2OC1)C(=O)N1CCCC1. The monoisotopic (exact) mass is 301 g/mol. The van der Waals surface area contributed by atoms with E-state index < -0.39 is 12.1 Å². The van der Waals surface area contributed by atoms with Crippen molar-refractivity contribution in [2.75, 3.05) is 19.7 Å². The number of amides is 1. The first-order valence-electron chi connectivity index (χ1n) is 7.57. The normalized spacial score (nSPS) is 18.0. The Kier molecular flexibility index (Phi) is 4.13. The summed E-state index contributed by atoms with van der Waals surface area (Å²) in [7, 11) is 0. The van der Waals surface area contributed by atoms with Crippen LogP contribution in [0.3, 0.4) is 0 Å². The van der Waals surface area contributed by atoms with E-state index in [-0.39, 0.29) is 12.5 Å². The van der Waals surface area contributed by atoms with Crippen molar-refractivity contribution < 1.29 is 19.1 Å². The summed E-state index contributed by atoms with van der Waals surface area (Å²) in [6.07, 6.45) is 3.03. The fourth-order valence-corrected chi connectivity index (χ4v) is 2.72. The third-order valence-corrected chi connectivity index (χ3v) is 3.94. The highest BCUT2D eigenvalue weighted by Crippen LogP contribution is 2.26. The summed E-state index contributed by atoms with van der Waals surface area (Å²) >= 11 is 0. The zero-order chi connectivity index (χ0) is 15.5. The molecule has 22 heavy (non-hydrogen) atoms. The number of fused-ring (bicyclic) bond motifs is 1. The van der Waals surface area contributed by atoms with Crippen LogP contribution in [0.1, 0.15) is 25.3 Å². The molecule has 5 nitrogen and oxygen atoms in total. The van der Waals surface area contributed by atoms with Crippen LogP contribution < -0.4 is 4.74 Å². The molecular weight excluding hydrogens is 282 g/mol. The first kappa shape index (κ1) is 14.6. The molecule has 2 aliphatic rings. The Morgan fingerprint density at radius 2 is 1.95 bits per heavy atom. The summed E-state index contributed by atoms with van der Waals surface area (Å²) < 4.78 is 10.8. The highest BCUT2D eigenvalue weighted by Gasteiger charge is 2.27. The molecule has 1 atom stereocenters. The van der Waals surface area contributed by atoms with Gasteiger partial charge in [0.2, 0.25) is 0 Å². The van der Waals surface area contributed by atoms with Crippen molar-refractivity contribution in [3.63, 3.8) is 0 Å². The van der Waals surface area contributed by atoms with E-state index in [1.54, 1.807) is 17.9 Å². The van der Waals surface area contributed by atoms with Gasteiger partial charge in [0.1, 0.15) is 12.4 Å². The molecule has 1 aromatic rings. The molecule has 1 saturated heterocycles. The number of rotatable bonds is 3. The number of esters is 1. The van der Waals surface area contributed by atoms with Crippen molar-refractivity contribution in [2.45, 2.75) is 25.9 Å². The Hall–Kier alpha value is -2.30. The molecule has 3 rings (SSSR count). The van der Waals surface area contributed by atoms with Crippen LogP contribution in [0.5, 0.6) is 5.75 Å². The van der Waals surface area contributed by atoms with Gasteiger partial charge >= 0.3 is 5.97 Å². The average Bonchev–Trinajstić information content (AvgIpc) is 3.08. The molecular formula is C17H19NO4. The highest BCUT2D eigenvalue weighted by molar-refractivity contribution is 5.96. The van der Waals surface area contributed by atoms with Crippen molar-refractivity contribution in [1.29, 1.82) is 0 Å². The fourth-order valence-electron chi connectivity index (χ4n) is 2.72. The lowest BCUT2D eigenvalue weighted by Crippen LogP contribution is -2.38. The number of para-hydroxylation sites is 1. The lowest BCUT2D eigenvalue weighted by Gasteiger charge is -2.22. The molecule has 0 N–H and O–H groups in total. The van der Waals surface area contributed by atoms with Crippen molar-refractivity contribution in [3.05, 3.63) is 35.4 Å². The van der Waals surface area contributed by atoms with Crippen LogP contribution in [0.25, 0.3) is 6.08 Å². The van der Waals surface area contributed by atoms with Gasteiger partial charge in [-0.15, -0.1) is 0 Å². The maximum Gasteiger partial charge on any atom is 0.338 e. The van der Waals surface area contributed by atoms with Crippen LogP contribution in [0.4, 0.5) is 0 Å². The summed E-state index contributed by atoms with van der Waals surface area (Å²) in [6, 6.07) is 7.49. The Morgan fingerprint density at radius 3 is 2.73 bits per heavy atom. The summed E-state index contributed by atoms with van der Waals surface area (Å²) in [5.41, 5.74) is 1.28. The molecule has 0 radical (unpaired) electrons. The van der Waals surface area contributed by atoms with Gasteiger partial charge in [-0.05, 0) is 31.9 Å². The number of carbonyl (C=O) groups excluding carboxylic acids is 2. The summed E-state index contributed by atoms with van der Waals surface area (Å²) in [5, 5.41) is 0. The van der Waals surface area contributed by atoms with Crippen LogP contribution >= 0.6 is 0 Å². The molecule has 0 unspecified atom stereocenters. The fraction of sp³-hybridized carbons (Fsp3) is 0.412. The van der Waals surface area contributed by atoms with E-state index in [0.717, 1.165) is 37.2 Å². The minimum absolute atomic E-state index is 0.122. The van der Waals surface area contributed by atoms with Gasteiger partial charge in [0.15, 0.2) is 6.10 Å².